The number of carbonyl (C=O) groups is 1. The first kappa shape index (κ1) is 27.0. The topological polar surface area (TPSA) is 107 Å². The van der Waals surface area contributed by atoms with Crippen molar-refractivity contribution in [2.75, 3.05) is 13.2 Å². The first-order valence-corrected chi connectivity index (χ1v) is 11.4. The highest BCUT2D eigenvalue weighted by Gasteiger charge is 2.30. The van der Waals surface area contributed by atoms with Crippen molar-refractivity contribution in [2.45, 2.75) is 108 Å². The van der Waals surface area contributed by atoms with Crippen LogP contribution in [0.3, 0.4) is 0 Å². The molecule has 0 rings (SSSR count). The minimum absolute atomic E-state index is 0.113. The number of rotatable bonds is 21. The van der Waals surface area contributed by atoms with Crippen LogP contribution in [-0.4, -0.2) is 64.3 Å². The molecule has 4 atom stereocenters. The summed E-state index contributed by atoms with van der Waals surface area (Å²) in [4.78, 5) is 10.4. The standard InChI is InChI=1S/C24H44O6/c1-2-3-4-5-6-7-8-9-10-11-12-13-14-15-16-17-18-30-20-22(27)24(29)23(28)21(26)19-25/h6-7,9-10,19,21-24,26-29H,2-5,8,11-18,20H2,1H3/b7-6-,10-9-/t21-,22+,23+,24+/m0/s1/i1D. The van der Waals surface area contributed by atoms with Gasteiger partial charge in [-0.15, -0.1) is 0 Å². The molecule has 0 aliphatic carbocycles. The van der Waals surface area contributed by atoms with E-state index in [-0.39, 0.29) is 12.9 Å². The molecule has 0 heterocycles. The smallest absolute Gasteiger partial charge is 0.151 e. The summed E-state index contributed by atoms with van der Waals surface area (Å²) >= 11 is 0. The number of allylic oxidation sites excluding steroid dienone is 4. The van der Waals surface area contributed by atoms with E-state index in [9.17, 15) is 20.1 Å². The van der Waals surface area contributed by atoms with Crippen molar-refractivity contribution < 1.29 is 31.3 Å². The number of hydrogen-bond donors (Lipinski definition) is 4. The molecule has 6 heteroatoms. The largest absolute Gasteiger partial charge is 0.388 e. The highest BCUT2D eigenvalue weighted by atomic mass is 16.5. The summed E-state index contributed by atoms with van der Waals surface area (Å²) in [5.41, 5.74) is 0. The summed E-state index contributed by atoms with van der Waals surface area (Å²) in [5.74, 6) is 0. The van der Waals surface area contributed by atoms with Gasteiger partial charge < -0.3 is 30.0 Å². The van der Waals surface area contributed by atoms with Crippen LogP contribution >= 0.6 is 0 Å². The van der Waals surface area contributed by atoms with Crippen LogP contribution in [0.5, 0.6) is 0 Å². The molecule has 0 amide bonds. The maximum absolute atomic E-state index is 10.4. The highest BCUT2D eigenvalue weighted by Crippen LogP contribution is 2.09. The lowest BCUT2D eigenvalue weighted by Crippen LogP contribution is -2.46. The quantitative estimate of drug-likeness (QED) is 0.126. The molecular formula is C24H44O6. The van der Waals surface area contributed by atoms with E-state index < -0.39 is 24.4 Å². The maximum atomic E-state index is 10.4. The van der Waals surface area contributed by atoms with Gasteiger partial charge in [0.2, 0.25) is 0 Å². The molecular weight excluding hydrogens is 384 g/mol. The Morgan fingerprint density at radius 1 is 0.800 bits per heavy atom. The Kier molecular flexibility index (Phi) is 19.1. The summed E-state index contributed by atoms with van der Waals surface area (Å²) in [6, 6.07) is 0. The molecule has 0 radical (unpaired) electrons. The summed E-state index contributed by atoms with van der Waals surface area (Å²) in [6.07, 6.45) is 15.8. The molecule has 0 aromatic heterocycles. The molecule has 0 fully saturated rings. The lowest BCUT2D eigenvalue weighted by Gasteiger charge is -2.23. The van der Waals surface area contributed by atoms with Crippen LogP contribution < -0.4 is 0 Å². The third kappa shape index (κ3) is 16.7. The van der Waals surface area contributed by atoms with Gasteiger partial charge in [-0.05, 0) is 38.5 Å². The van der Waals surface area contributed by atoms with Crippen molar-refractivity contribution in [2.24, 2.45) is 0 Å². The van der Waals surface area contributed by atoms with Gasteiger partial charge in [0, 0.05) is 7.98 Å². The molecule has 0 unspecified atom stereocenters. The van der Waals surface area contributed by atoms with Gasteiger partial charge in [0.25, 0.3) is 0 Å². The summed E-state index contributed by atoms with van der Waals surface area (Å²) in [6.45, 7) is 0.843. The minimum atomic E-state index is -1.73. The second-order valence-electron chi connectivity index (χ2n) is 7.69. The van der Waals surface area contributed by atoms with Crippen LogP contribution in [0.15, 0.2) is 24.3 Å². The lowest BCUT2D eigenvalue weighted by atomic mass is 10.0. The van der Waals surface area contributed by atoms with Crippen LogP contribution in [0.25, 0.3) is 0 Å². The number of carbonyl (C=O) groups excluding carboxylic acids is 1. The van der Waals surface area contributed by atoms with E-state index in [1.165, 1.54) is 25.7 Å². The fourth-order valence-corrected chi connectivity index (χ4v) is 2.93. The average Bonchev–Trinajstić information content (AvgIpc) is 2.78. The fraction of sp³-hybridized carbons (Fsp3) is 0.792. The maximum Gasteiger partial charge on any atom is 0.151 e. The zero-order valence-corrected chi connectivity index (χ0v) is 18.4. The summed E-state index contributed by atoms with van der Waals surface area (Å²) < 4.78 is 12.4. The molecule has 0 saturated carbocycles. The number of ether oxygens (including phenoxy) is 1. The molecule has 30 heavy (non-hydrogen) atoms. The predicted octanol–water partition coefficient (Wildman–Crippen LogP) is 3.46. The van der Waals surface area contributed by atoms with Gasteiger partial charge in [-0.3, -0.25) is 0 Å². The molecule has 0 spiro atoms. The predicted molar refractivity (Wildman–Crippen MR) is 120 cm³/mol. The van der Waals surface area contributed by atoms with Gasteiger partial charge in [0.1, 0.15) is 24.4 Å². The van der Waals surface area contributed by atoms with Gasteiger partial charge in [0.15, 0.2) is 6.29 Å². The first-order valence-electron chi connectivity index (χ1n) is 12.1. The molecule has 0 saturated heterocycles. The average molecular weight is 430 g/mol. The van der Waals surface area contributed by atoms with E-state index in [1.54, 1.807) is 0 Å². The van der Waals surface area contributed by atoms with Gasteiger partial charge in [-0.2, -0.15) is 0 Å². The van der Waals surface area contributed by atoms with Crippen molar-refractivity contribution in [3.05, 3.63) is 24.3 Å². The van der Waals surface area contributed by atoms with Gasteiger partial charge in [-0.25, -0.2) is 0 Å². The van der Waals surface area contributed by atoms with E-state index in [0.717, 1.165) is 51.4 Å². The first-order chi connectivity index (χ1) is 15.0. The molecule has 4 N–H and O–H groups in total. The van der Waals surface area contributed by atoms with Crippen LogP contribution in [0.4, 0.5) is 0 Å². The van der Waals surface area contributed by atoms with Crippen LogP contribution in [0.1, 0.15) is 85.3 Å². The molecule has 6 nitrogen and oxygen atoms in total. The summed E-state index contributed by atoms with van der Waals surface area (Å²) in [7, 11) is 0. The van der Waals surface area contributed by atoms with Crippen molar-refractivity contribution in [1.82, 2.24) is 0 Å². The van der Waals surface area contributed by atoms with E-state index >= 15 is 0 Å². The third-order valence-electron chi connectivity index (χ3n) is 4.91. The Bertz CT molecular complexity index is 457. The van der Waals surface area contributed by atoms with Crippen molar-refractivity contribution >= 4 is 6.29 Å². The number of aldehydes is 1. The number of aliphatic hydroxyl groups excluding tert-OH is 4. The number of aliphatic hydroxyl groups is 4. The Labute approximate surface area is 184 Å². The SMILES string of the molecule is [2H]CCCCC/C=C\C/C=C\CCCCCCCCOC[C@@H](O)[C@@H](O)[C@H](O)[C@@H](O)C=O. The Balaban J connectivity index is 3.43. The van der Waals surface area contributed by atoms with Crippen molar-refractivity contribution in [3.8, 4) is 0 Å². The van der Waals surface area contributed by atoms with Crippen LogP contribution in [0, 0.1) is 0 Å². The third-order valence-corrected chi connectivity index (χ3v) is 4.91. The summed E-state index contributed by atoms with van der Waals surface area (Å²) in [5, 5.41) is 37.9. The number of unbranched alkanes of at least 4 members (excludes halogenated alkanes) is 9. The van der Waals surface area contributed by atoms with Crippen LogP contribution in [-0.2, 0) is 9.53 Å². The molecule has 0 aliphatic rings. The Morgan fingerprint density at radius 3 is 2.03 bits per heavy atom. The van der Waals surface area contributed by atoms with E-state index in [1.807, 2.05) is 0 Å². The monoisotopic (exact) mass is 429 g/mol. The van der Waals surface area contributed by atoms with Gasteiger partial charge in [-0.1, -0.05) is 69.7 Å². The zero-order chi connectivity index (χ0) is 23.2. The normalized spacial score (nSPS) is 16.6. The Hall–Kier alpha value is -1.05. The van der Waals surface area contributed by atoms with E-state index in [2.05, 4.69) is 24.3 Å². The van der Waals surface area contributed by atoms with Gasteiger partial charge in [0.05, 0.1) is 6.61 Å². The van der Waals surface area contributed by atoms with E-state index in [4.69, 9.17) is 11.2 Å². The number of hydrogen-bond acceptors (Lipinski definition) is 6. The highest BCUT2D eigenvalue weighted by molar-refractivity contribution is 5.56. The lowest BCUT2D eigenvalue weighted by molar-refractivity contribution is -0.138. The molecule has 0 aromatic rings. The van der Waals surface area contributed by atoms with Crippen molar-refractivity contribution in [1.29, 1.82) is 0 Å². The van der Waals surface area contributed by atoms with Crippen molar-refractivity contribution in [3.63, 3.8) is 0 Å². The second kappa shape index (κ2) is 21.2. The molecule has 0 aromatic carbocycles. The molecule has 0 aliphatic heterocycles. The zero-order valence-electron chi connectivity index (χ0n) is 19.4. The Morgan fingerprint density at radius 2 is 1.40 bits per heavy atom. The minimum Gasteiger partial charge on any atom is -0.388 e. The van der Waals surface area contributed by atoms with Crippen LogP contribution in [0.2, 0.25) is 0 Å². The molecule has 176 valence electrons. The van der Waals surface area contributed by atoms with E-state index in [0.29, 0.717) is 13.5 Å². The van der Waals surface area contributed by atoms with Gasteiger partial charge >= 0.3 is 0 Å². The second-order valence-corrected chi connectivity index (χ2v) is 7.69. The molecule has 0 bridgehead atoms. The fourth-order valence-electron chi connectivity index (χ4n) is 2.93.